The van der Waals surface area contributed by atoms with Crippen LogP contribution in [0.25, 0.3) is 0 Å². The monoisotopic (exact) mass is 209 g/mol. The van der Waals surface area contributed by atoms with Crippen LogP contribution < -0.4 is 17.4 Å². The van der Waals surface area contributed by atoms with Crippen molar-refractivity contribution < 1.29 is 29.7 Å². The Kier molecular flexibility index (Phi) is 13.8. The maximum absolute atomic E-state index is 9.55. The lowest BCUT2D eigenvalue weighted by Gasteiger charge is -1.79. The Hall–Kier alpha value is -2.13. The molecule has 9 N–H and O–H groups in total. The van der Waals surface area contributed by atoms with Crippen LogP contribution in [0.4, 0.5) is 4.79 Å². The third-order valence-corrected chi connectivity index (χ3v) is 0.492. The van der Waals surface area contributed by atoms with E-state index in [1.165, 1.54) is 5.43 Å². The summed E-state index contributed by atoms with van der Waals surface area (Å²) in [6.07, 6.45) is -0.102. The van der Waals surface area contributed by atoms with Gasteiger partial charge in [0.15, 0.2) is 0 Å². The second-order valence-corrected chi connectivity index (χ2v) is 1.46. The SMILES string of the molecule is N.NNC(=O)O.O=C(O)/C=C\C(=O)O. The topological polar surface area (TPSA) is 185 Å². The highest BCUT2D eigenvalue weighted by molar-refractivity contribution is 5.89. The number of aliphatic carboxylic acids is 2. The highest BCUT2D eigenvalue weighted by Gasteiger charge is 1.88. The summed E-state index contributed by atoms with van der Waals surface area (Å²) in [5.74, 6) is 1.81. The molecule has 0 radical (unpaired) electrons. The smallest absolute Gasteiger partial charge is 0.418 e. The summed E-state index contributed by atoms with van der Waals surface area (Å²) < 4.78 is 0. The van der Waals surface area contributed by atoms with Crippen LogP contribution in [-0.2, 0) is 9.59 Å². The van der Waals surface area contributed by atoms with E-state index in [9.17, 15) is 9.59 Å². The third-order valence-electron chi connectivity index (χ3n) is 0.492. The summed E-state index contributed by atoms with van der Waals surface area (Å²) in [7, 11) is 0. The number of carboxylic acid groups (broad SMARTS) is 3. The lowest BCUT2D eigenvalue weighted by atomic mass is 10.5. The van der Waals surface area contributed by atoms with Crippen LogP contribution in [0, 0.1) is 0 Å². The number of hydrazine groups is 1. The Morgan fingerprint density at radius 2 is 1.21 bits per heavy atom. The summed E-state index contributed by atoms with van der Waals surface area (Å²) in [5.41, 5.74) is 1.44. The van der Waals surface area contributed by atoms with Crippen LogP contribution in [0.1, 0.15) is 0 Å². The van der Waals surface area contributed by atoms with E-state index < -0.39 is 18.0 Å². The number of carboxylic acids is 2. The fourth-order valence-electron chi connectivity index (χ4n) is 0.143. The van der Waals surface area contributed by atoms with Crippen molar-refractivity contribution >= 4 is 18.0 Å². The average molecular weight is 209 g/mol. The summed E-state index contributed by atoms with van der Waals surface area (Å²) in [5, 5.41) is 23.1. The summed E-state index contributed by atoms with van der Waals surface area (Å²) in [6.45, 7) is 0. The molecule has 0 spiro atoms. The second-order valence-electron chi connectivity index (χ2n) is 1.46. The fraction of sp³-hybridized carbons (Fsp3) is 0. The van der Waals surface area contributed by atoms with Crippen LogP contribution in [0.15, 0.2) is 12.2 Å². The predicted molar refractivity (Wildman–Crippen MR) is 44.8 cm³/mol. The maximum atomic E-state index is 9.55. The first-order valence-electron chi connectivity index (χ1n) is 2.73. The molecule has 9 nitrogen and oxygen atoms in total. The van der Waals surface area contributed by atoms with Crippen LogP contribution >= 0.6 is 0 Å². The van der Waals surface area contributed by atoms with Crippen molar-refractivity contribution in [1.82, 2.24) is 11.6 Å². The van der Waals surface area contributed by atoms with Gasteiger partial charge >= 0.3 is 18.0 Å². The minimum absolute atomic E-state index is 0. The zero-order valence-electron chi connectivity index (χ0n) is 7.01. The molecule has 0 aliphatic rings. The Morgan fingerprint density at radius 1 is 1.00 bits per heavy atom. The predicted octanol–water partition coefficient (Wildman–Crippen LogP) is -0.998. The van der Waals surface area contributed by atoms with Crippen LogP contribution in [0.2, 0.25) is 0 Å². The van der Waals surface area contributed by atoms with Crippen molar-refractivity contribution in [3.8, 4) is 0 Å². The summed E-state index contributed by atoms with van der Waals surface area (Å²) in [4.78, 5) is 28.2. The fourth-order valence-corrected chi connectivity index (χ4v) is 0.143. The molecule has 0 atom stereocenters. The van der Waals surface area contributed by atoms with E-state index in [1.807, 2.05) is 0 Å². The third kappa shape index (κ3) is 32.7. The van der Waals surface area contributed by atoms with Gasteiger partial charge in [0.2, 0.25) is 0 Å². The van der Waals surface area contributed by atoms with E-state index in [0.717, 1.165) is 0 Å². The minimum Gasteiger partial charge on any atom is -0.478 e. The lowest BCUT2D eigenvalue weighted by Crippen LogP contribution is -2.27. The molecule has 14 heavy (non-hydrogen) atoms. The first kappa shape index (κ1) is 17.8. The highest BCUT2D eigenvalue weighted by Crippen LogP contribution is 1.70. The number of hydrogen-bond donors (Lipinski definition) is 6. The van der Waals surface area contributed by atoms with E-state index in [0.29, 0.717) is 12.2 Å². The van der Waals surface area contributed by atoms with Crippen molar-refractivity contribution in [3.63, 3.8) is 0 Å². The van der Waals surface area contributed by atoms with Crippen molar-refractivity contribution in [3.05, 3.63) is 12.2 Å². The Morgan fingerprint density at radius 3 is 1.29 bits per heavy atom. The zero-order valence-corrected chi connectivity index (χ0v) is 7.01. The average Bonchev–Trinajstić information content (AvgIpc) is 2.02. The molecule has 0 saturated heterocycles. The molecule has 0 aliphatic heterocycles. The maximum Gasteiger partial charge on any atom is 0.418 e. The number of hydrogen-bond acceptors (Lipinski definition) is 5. The summed E-state index contributed by atoms with van der Waals surface area (Å²) >= 11 is 0. The van der Waals surface area contributed by atoms with Gasteiger partial charge in [0.1, 0.15) is 0 Å². The molecule has 0 fully saturated rings. The number of amides is 1. The first-order valence-corrected chi connectivity index (χ1v) is 2.73. The molecule has 9 heteroatoms. The van der Waals surface area contributed by atoms with Gasteiger partial charge in [-0.1, -0.05) is 0 Å². The molecule has 0 aliphatic carbocycles. The van der Waals surface area contributed by atoms with Crippen molar-refractivity contribution in [1.29, 1.82) is 0 Å². The molecule has 0 rings (SSSR count). The first-order chi connectivity index (χ1) is 5.90. The van der Waals surface area contributed by atoms with Gasteiger partial charge in [-0.3, -0.25) is 5.43 Å². The quantitative estimate of drug-likeness (QED) is 0.144. The van der Waals surface area contributed by atoms with Crippen LogP contribution in [0.3, 0.4) is 0 Å². The van der Waals surface area contributed by atoms with Gasteiger partial charge in [-0.05, 0) is 0 Å². The molecule has 0 aromatic carbocycles. The zero-order chi connectivity index (χ0) is 10.9. The van der Waals surface area contributed by atoms with Gasteiger partial charge in [-0.25, -0.2) is 20.2 Å². The number of nitrogens with one attached hydrogen (secondary N) is 1. The second kappa shape index (κ2) is 10.9. The van der Waals surface area contributed by atoms with Gasteiger partial charge in [0.25, 0.3) is 0 Å². The van der Waals surface area contributed by atoms with E-state index in [1.54, 1.807) is 0 Å². The Bertz CT molecular complexity index is 210. The molecule has 82 valence electrons. The van der Waals surface area contributed by atoms with E-state index in [4.69, 9.17) is 20.1 Å². The number of rotatable bonds is 2. The van der Waals surface area contributed by atoms with Crippen LogP contribution in [-0.4, -0.2) is 33.4 Å². The standard InChI is InChI=1S/C4H4O4.CH4N2O2.H3N/c5-3(6)1-2-4(7)8;2-3-1(4)5;/h1-2H,(H,5,6)(H,7,8);3H,2H2,(H,4,5);1H3/b2-1-;;. The van der Waals surface area contributed by atoms with Crippen molar-refractivity contribution in [2.75, 3.05) is 0 Å². The van der Waals surface area contributed by atoms with E-state index in [-0.39, 0.29) is 6.15 Å². The van der Waals surface area contributed by atoms with E-state index in [2.05, 4.69) is 5.84 Å². The number of carbonyl (C=O) groups is 3. The van der Waals surface area contributed by atoms with Gasteiger partial charge < -0.3 is 21.5 Å². The Labute approximate surface area is 78.4 Å². The molecule has 0 saturated carbocycles. The van der Waals surface area contributed by atoms with Gasteiger partial charge in [0, 0.05) is 12.2 Å². The van der Waals surface area contributed by atoms with Crippen molar-refractivity contribution in [2.24, 2.45) is 5.84 Å². The molecule has 0 aromatic rings. The van der Waals surface area contributed by atoms with Gasteiger partial charge in [0.05, 0.1) is 0 Å². The normalized spacial score (nSPS) is 7.79. The summed E-state index contributed by atoms with van der Waals surface area (Å²) in [6, 6.07) is 0. The van der Waals surface area contributed by atoms with Crippen molar-refractivity contribution in [2.45, 2.75) is 0 Å². The molecule has 0 unspecified atom stereocenters. The van der Waals surface area contributed by atoms with Crippen LogP contribution in [0.5, 0.6) is 0 Å². The molecular weight excluding hydrogens is 198 g/mol. The van der Waals surface area contributed by atoms with Gasteiger partial charge in [-0.15, -0.1) is 0 Å². The van der Waals surface area contributed by atoms with E-state index >= 15 is 0 Å². The lowest BCUT2D eigenvalue weighted by molar-refractivity contribution is -0.134. The molecule has 0 aromatic heterocycles. The molecule has 1 amide bonds. The van der Waals surface area contributed by atoms with Gasteiger partial charge in [-0.2, -0.15) is 0 Å². The molecule has 0 bridgehead atoms. The highest BCUT2D eigenvalue weighted by atomic mass is 16.4. The number of nitrogens with two attached hydrogens (primary N) is 1. The molecule has 0 heterocycles. The minimum atomic E-state index is -1.26. The largest absolute Gasteiger partial charge is 0.478 e. The molecular formula is C5H11N3O6. The Balaban J connectivity index is -0.000000177.